The first kappa shape index (κ1) is 31.0. The second kappa shape index (κ2) is 15.3. The molecule has 2 atom stereocenters. The van der Waals surface area contributed by atoms with Crippen molar-refractivity contribution in [3.8, 4) is 6.07 Å². The summed E-state index contributed by atoms with van der Waals surface area (Å²) in [5.74, 6) is 0.145. The number of ether oxygens (including phenoxy) is 1. The van der Waals surface area contributed by atoms with Crippen LogP contribution in [0.25, 0.3) is 0 Å². The number of hydrogen-bond acceptors (Lipinski definition) is 6. The molecule has 4 rings (SSSR count). The molecule has 0 radical (unpaired) electrons. The quantitative estimate of drug-likeness (QED) is 0.182. The van der Waals surface area contributed by atoms with E-state index in [0.717, 1.165) is 35.2 Å². The van der Waals surface area contributed by atoms with Gasteiger partial charge >= 0.3 is 0 Å². The smallest absolute Gasteiger partial charge is 0.220 e. The van der Waals surface area contributed by atoms with Crippen molar-refractivity contribution in [3.05, 3.63) is 91.0 Å². The zero-order valence-corrected chi connectivity index (χ0v) is 25.9. The molecule has 3 aromatic carbocycles. The van der Waals surface area contributed by atoms with Gasteiger partial charge in [0, 0.05) is 24.0 Å². The third-order valence-electron chi connectivity index (χ3n) is 7.58. The van der Waals surface area contributed by atoms with Gasteiger partial charge in [0.05, 0.1) is 6.61 Å². The summed E-state index contributed by atoms with van der Waals surface area (Å²) in [6.45, 7) is -0.398. The molecule has 3 aromatic rings. The zero-order valence-electron chi connectivity index (χ0n) is 23.4. The molecule has 1 fully saturated rings. The molecular formula is C34H36NO3PS2. The third kappa shape index (κ3) is 7.46. The number of thioether (sulfide) groups is 1. The number of nitriles is 1. The monoisotopic (exact) mass is 601 g/mol. The van der Waals surface area contributed by atoms with E-state index >= 15 is 0 Å². The summed E-state index contributed by atoms with van der Waals surface area (Å²) in [5.41, 5.74) is 0. The summed E-state index contributed by atoms with van der Waals surface area (Å²) in [7, 11) is 0. The highest BCUT2D eigenvalue weighted by atomic mass is 32.2. The molecule has 0 aliphatic heterocycles. The fraction of sp³-hybridized carbons (Fsp3) is 0.324. The van der Waals surface area contributed by atoms with E-state index < -0.39 is 6.89 Å². The number of carbonyl (C=O) groups is 2. The average molecular weight is 602 g/mol. The third-order valence-corrected chi connectivity index (χ3v) is 13.3. The van der Waals surface area contributed by atoms with Gasteiger partial charge in [-0.1, -0.05) is 109 Å². The SMILES string of the molecule is CCOC(=S)SC(CCC(=O)C(C#N)=P(c1ccccc1)(c1ccccc1)c1ccccc1)CC1CCCCC1=O. The van der Waals surface area contributed by atoms with Crippen molar-refractivity contribution in [2.75, 3.05) is 6.61 Å². The second-order valence-electron chi connectivity index (χ2n) is 10.2. The van der Waals surface area contributed by atoms with E-state index in [4.69, 9.17) is 17.0 Å². The highest BCUT2D eigenvalue weighted by molar-refractivity contribution is 8.23. The molecule has 0 bridgehead atoms. The van der Waals surface area contributed by atoms with Crippen LogP contribution in [-0.4, -0.2) is 33.1 Å². The lowest BCUT2D eigenvalue weighted by Crippen LogP contribution is -2.33. The van der Waals surface area contributed by atoms with Crippen LogP contribution >= 0.6 is 30.9 Å². The molecule has 1 aliphatic carbocycles. The molecule has 0 saturated heterocycles. The van der Waals surface area contributed by atoms with Crippen molar-refractivity contribution < 1.29 is 14.3 Å². The topological polar surface area (TPSA) is 67.2 Å². The van der Waals surface area contributed by atoms with E-state index in [9.17, 15) is 14.9 Å². The predicted molar refractivity (Wildman–Crippen MR) is 177 cm³/mol. The van der Waals surface area contributed by atoms with Gasteiger partial charge in [0.1, 0.15) is 17.1 Å². The first-order valence-electron chi connectivity index (χ1n) is 14.2. The summed E-state index contributed by atoms with van der Waals surface area (Å²) in [6.07, 6.45) is 4.89. The Bertz CT molecular complexity index is 1330. The highest BCUT2D eigenvalue weighted by Gasteiger charge is 2.34. The Hall–Kier alpha value is -2.97. The second-order valence-corrected chi connectivity index (χ2v) is 15.4. The molecule has 4 nitrogen and oxygen atoms in total. The van der Waals surface area contributed by atoms with E-state index in [1.165, 1.54) is 11.8 Å². The van der Waals surface area contributed by atoms with Crippen molar-refractivity contribution in [2.24, 2.45) is 5.92 Å². The van der Waals surface area contributed by atoms with Crippen molar-refractivity contribution in [3.63, 3.8) is 0 Å². The Morgan fingerprint density at radius 3 is 1.98 bits per heavy atom. The summed E-state index contributed by atoms with van der Waals surface area (Å²) in [6, 6.07) is 32.3. The van der Waals surface area contributed by atoms with E-state index in [0.29, 0.717) is 41.3 Å². The molecule has 1 saturated carbocycles. The van der Waals surface area contributed by atoms with Crippen LogP contribution < -0.4 is 15.9 Å². The molecule has 212 valence electrons. The van der Waals surface area contributed by atoms with Gasteiger partial charge in [0.2, 0.25) is 4.38 Å². The van der Waals surface area contributed by atoms with Gasteiger partial charge in [-0.05, 0) is 67.6 Å². The van der Waals surface area contributed by atoms with Gasteiger partial charge in [-0.3, -0.25) is 9.59 Å². The molecule has 0 N–H and O–H groups in total. The minimum absolute atomic E-state index is 0.00950. The molecule has 0 heterocycles. The Balaban J connectivity index is 1.77. The van der Waals surface area contributed by atoms with Crippen LogP contribution in [-0.2, 0) is 14.3 Å². The maximum Gasteiger partial charge on any atom is 0.220 e. The van der Waals surface area contributed by atoms with Gasteiger partial charge in [0.25, 0.3) is 0 Å². The van der Waals surface area contributed by atoms with Crippen molar-refractivity contribution in [1.82, 2.24) is 0 Å². The number of benzene rings is 3. The minimum atomic E-state index is -2.77. The van der Waals surface area contributed by atoms with Gasteiger partial charge in [-0.15, -0.1) is 0 Å². The number of nitrogens with zero attached hydrogens (tertiary/aromatic N) is 1. The molecule has 0 amide bonds. The molecule has 0 aromatic heterocycles. The van der Waals surface area contributed by atoms with Gasteiger partial charge in [-0.2, -0.15) is 5.26 Å². The van der Waals surface area contributed by atoms with Crippen molar-refractivity contribution >= 4 is 68.0 Å². The van der Waals surface area contributed by atoms with Crippen LogP contribution in [0.3, 0.4) is 0 Å². The Labute approximate surface area is 253 Å². The molecular weight excluding hydrogens is 565 g/mol. The largest absolute Gasteiger partial charge is 0.479 e. The van der Waals surface area contributed by atoms with Gasteiger partial charge < -0.3 is 4.74 Å². The summed E-state index contributed by atoms with van der Waals surface area (Å²) < 4.78 is 6.01. The summed E-state index contributed by atoms with van der Waals surface area (Å²) >= 11 is 6.90. The number of hydrogen-bond donors (Lipinski definition) is 0. The van der Waals surface area contributed by atoms with Gasteiger partial charge in [-0.25, -0.2) is 0 Å². The predicted octanol–water partition coefficient (Wildman–Crippen LogP) is 6.60. The maximum absolute atomic E-state index is 14.2. The van der Waals surface area contributed by atoms with Crippen molar-refractivity contribution in [1.29, 1.82) is 5.26 Å². The van der Waals surface area contributed by atoms with Gasteiger partial charge in [0.15, 0.2) is 5.78 Å². The number of thiocarbonyl (C=S) groups is 1. The standard InChI is InChI=1S/C34H36NO3PS2/c1-2-38-34(40)41-30(24-26-14-12-13-21-31(26)36)22-23-32(37)33(25-35)39(27-15-6-3-7-16-27,28-17-8-4-9-18-28)29-19-10-5-11-20-29/h3-11,15-20,26,30H,2,12-14,21-24H2,1H3. The fourth-order valence-electron chi connectivity index (χ4n) is 5.66. The maximum atomic E-state index is 14.2. The average Bonchev–Trinajstić information content (AvgIpc) is 3.01. The Morgan fingerprint density at radius 1 is 0.976 bits per heavy atom. The van der Waals surface area contributed by atoms with Crippen LogP contribution in [0.2, 0.25) is 0 Å². The van der Waals surface area contributed by atoms with Crippen molar-refractivity contribution in [2.45, 2.75) is 57.1 Å². The fourth-order valence-corrected chi connectivity index (χ4v) is 11.4. The lowest BCUT2D eigenvalue weighted by Gasteiger charge is -2.30. The lowest BCUT2D eigenvalue weighted by molar-refractivity contribution is -0.124. The van der Waals surface area contributed by atoms with Crippen LogP contribution in [0.5, 0.6) is 0 Å². The van der Waals surface area contributed by atoms with Crippen LogP contribution in [0, 0.1) is 17.2 Å². The first-order valence-corrected chi connectivity index (χ1v) is 17.3. The number of ketones is 2. The minimum Gasteiger partial charge on any atom is -0.479 e. The molecule has 7 heteroatoms. The van der Waals surface area contributed by atoms with E-state index in [-0.39, 0.29) is 23.4 Å². The molecule has 41 heavy (non-hydrogen) atoms. The van der Waals surface area contributed by atoms with Crippen LogP contribution in [0.1, 0.15) is 51.9 Å². The summed E-state index contributed by atoms with van der Waals surface area (Å²) in [5, 5.41) is 13.9. The molecule has 1 aliphatic rings. The first-order chi connectivity index (χ1) is 20.0. The number of rotatable bonds is 11. The van der Waals surface area contributed by atoms with E-state index in [2.05, 4.69) is 6.07 Å². The van der Waals surface area contributed by atoms with Crippen LogP contribution in [0.4, 0.5) is 0 Å². The lowest BCUT2D eigenvalue weighted by atomic mass is 9.84. The molecule has 2 unspecified atom stereocenters. The normalized spacial score (nSPS) is 15.9. The Kier molecular flexibility index (Phi) is 11.6. The number of Topliss-reactive ketones (excluding diaryl/α,β-unsaturated/α-hetero) is 2. The number of carbonyl (C=O) groups excluding carboxylic acids is 2. The van der Waals surface area contributed by atoms with E-state index in [1.807, 2.05) is 97.9 Å². The molecule has 0 spiro atoms. The Morgan fingerprint density at radius 2 is 1.51 bits per heavy atom. The van der Waals surface area contributed by atoms with E-state index in [1.54, 1.807) is 0 Å². The zero-order chi connectivity index (χ0) is 29.1. The van der Waals surface area contributed by atoms with Crippen LogP contribution in [0.15, 0.2) is 91.0 Å². The highest BCUT2D eigenvalue weighted by Crippen LogP contribution is 2.46. The summed E-state index contributed by atoms with van der Waals surface area (Å²) in [4.78, 5) is 26.9.